The lowest BCUT2D eigenvalue weighted by molar-refractivity contribution is 1.11. The minimum atomic E-state index is 0.411. The molecule has 2 heterocycles. The van der Waals surface area contributed by atoms with Crippen LogP contribution in [-0.2, 0) is 0 Å². The molecule has 7 nitrogen and oxygen atoms in total. The summed E-state index contributed by atoms with van der Waals surface area (Å²) >= 11 is 0. The van der Waals surface area contributed by atoms with Crippen LogP contribution in [0.2, 0.25) is 0 Å². The van der Waals surface area contributed by atoms with Gasteiger partial charge in [-0.3, -0.25) is 15.4 Å². The molecular weight excluding hydrogens is 290 g/mol. The van der Waals surface area contributed by atoms with Crippen LogP contribution in [0.1, 0.15) is 5.56 Å². The van der Waals surface area contributed by atoms with Crippen molar-refractivity contribution in [1.82, 2.24) is 15.0 Å². The SMILES string of the molecule is c1ccc(NN=C(N=Nc2cnccn2)c2ccncc2)cc1. The van der Waals surface area contributed by atoms with Gasteiger partial charge in [0.2, 0.25) is 5.84 Å². The summed E-state index contributed by atoms with van der Waals surface area (Å²) in [4.78, 5) is 12.0. The Bertz CT molecular complexity index is 786. The van der Waals surface area contributed by atoms with Gasteiger partial charge in [0.15, 0.2) is 5.82 Å². The van der Waals surface area contributed by atoms with Gasteiger partial charge in [-0.05, 0) is 24.3 Å². The predicted octanol–water partition coefficient (Wildman–Crippen LogP) is 3.43. The topological polar surface area (TPSA) is 87.8 Å². The van der Waals surface area contributed by atoms with Crippen molar-refractivity contribution < 1.29 is 0 Å². The second-order valence-electron chi connectivity index (χ2n) is 4.41. The smallest absolute Gasteiger partial charge is 0.201 e. The molecule has 112 valence electrons. The van der Waals surface area contributed by atoms with Crippen LogP contribution < -0.4 is 5.43 Å². The first-order chi connectivity index (χ1) is 11.4. The number of nitrogens with zero attached hydrogens (tertiary/aromatic N) is 6. The minimum absolute atomic E-state index is 0.411. The first kappa shape index (κ1) is 14.5. The molecule has 0 spiro atoms. The van der Waals surface area contributed by atoms with Crippen LogP contribution in [0.3, 0.4) is 0 Å². The van der Waals surface area contributed by atoms with Crippen LogP contribution in [0, 0.1) is 0 Å². The Balaban J connectivity index is 1.86. The third kappa shape index (κ3) is 4.24. The van der Waals surface area contributed by atoms with E-state index in [-0.39, 0.29) is 0 Å². The summed E-state index contributed by atoms with van der Waals surface area (Å²) in [6, 6.07) is 13.2. The lowest BCUT2D eigenvalue weighted by Crippen LogP contribution is -2.01. The standard InChI is InChI=1S/C16H13N7/c1-2-4-14(5-3-1)20-22-16(13-6-8-17-9-7-13)23-21-15-12-18-10-11-19-15/h1-12,20H. The molecule has 7 heteroatoms. The number of para-hydroxylation sites is 1. The zero-order chi connectivity index (χ0) is 15.7. The second-order valence-corrected chi connectivity index (χ2v) is 4.41. The maximum atomic E-state index is 4.31. The maximum absolute atomic E-state index is 4.31. The molecule has 0 saturated carbocycles. The van der Waals surface area contributed by atoms with Gasteiger partial charge in [-0.15, -0.1) is 10.2 Å². The van der Waals surface area contributed by atoms with Crippen LogP contribution in [0.25, 0.3) is 0 Å². The molecule has 2 aromatic heterocycles. The molecule has 23 heavy (non-hydrogen) atoms. The highest BCUT2D eigenvalue weighted by molar-refractivity contribution is 5.99. The van der Waals surface area contributed by atoms with Gasteiger partial charge < -0.3 is 0 Å². The van der Waals surface area contributed by atoms with E-state index in [0.717, 1.165) is 11.3 Å². The Morgan fingerprint density at radius 2 is 1.70 bits per heavy atom. The van der Waals surface area contributed by atoms with Gasteiger partial charge in [0.05, 0.1) is 11.9 Å². The lowest BCUT2D eigenvalue weighted by Gasteiger charge is -2.02. The number of aromatic nitrogens is 3. The zero-order valence-corrected chi connectivity index (χ0v) is 12.1. The van der Waals surface area contributed by atoms with E-state index in [1.807, 2.05) is 30.3 Å². The van der Waals surface area contributed by atoms with E-state index in [0.29, 0.717) is 11.7 Å². The van der Waals surface area contributed by atoms with Crippen LogP contribution in [0.15, 0.2) is 88.8 Å². The number of pyridine rings is 1. The number of amidine groups is 1. The van der Waals surface area contributed by atoms with Crippen LogP contribution in [-0.4, -0.2) is 20.8 Å². The highest BCUT2D eigenvalue weighted by atomic mass is 15.3. The summed E-state index contributed by atoms with van der Waals surface area (Å²) in [6.45, 7) is 0. The Morgan fingerprint density at radius 1 is 0.870 bits per heavy atom. The third-order valence-corrected chi connectivity index (χ3v) is 2.80. The van der Waals surface area contributed by atoms with Crippen molar-refractivity contribution in [3.8, 4) is 0 Å². The average Bonchev–Trinajstić information content (AvgIpc) is 2.64. The Hall–Kier alpha value is -3.48. The second kappa shape index (κ2) is 7.51. The first-order valence-electron chi connectivity index (χ1n) is 6.89. The van der Waals surface area contributed by atoms with E-state index in [1.54, 1.807) is 36.9 Å². The van der Waals surface area contributed by atoms with Gasteiger partial charge in [-0.2, -0.15) is 5.10 Å². The normalized spacial score (nSPS) is 11.6. The number of rotatable bonds is 4. The molecule has 0 atom stereocenters. The molecule has 3 rings (SSSR count). The Labute approximate surface area is 132 Å². The average molecular weight is 303 g/mol. The van der Waals surface area contributed by atoms with E-state index in [4.69, 9.17) is 0 Å². The van der Waals surface area contributed by atoms with Crippen LogP contribution in [0.5, 0.6) is 0 Å². The molecule has 1 N–H and O–H groups in total. The number of nitrogens with one attached hydrogen (secondary N) is 1. The number of hydrazone groups is 1. The number of benzene rings is 1. The highest BCUT2D eigenvalue weighted by Gasteiger charge is 2.02. The number of anilines is 1. The van der Waals surface area contributed by atoms with Gasteiger partial charge in [0, 0.05) is 30.4 Å². The van der Waals surface area contributed by atoms with Gasteiger partial charge in [0.1, 0.15) is 0 Å². The van der Waals surface area contributed by atoms with Crippen molar-refractivity contribution >= 4 is 17.3 Å². The van der Waals surface area contributed by atoms with Crippen molar-refractivity contribution in [2.24, 2.45) is 15.3 Å². The molecule has 0 fully saturated rings. The highest BCUT2D eigenvalue weighted by Crippen LogP contribution is 2.10. The van der Waals surface area contributed by atoms with Gasteiger partial charge in [-0.1, -0.05) is 18.2 Å². The van der Waals surface area contributed by atoms with Crippen molar-refractivity contribution in [1.29, 1.82) is 0 Å². The fourth-order valence-electron chi connectivity index (χ4n) is 1.72. The maximum Gasteiger partial charge on any atom is 0.201 e. The fourth-order valence-corrected chi connectivity index (χ4v) is 1.72. The summed E-state index contributed by atoms with van der Waals surface area (Å²) in [5.74, 6) is 0.830. The quantitative estimate of drug-likeness (QED) is 0.346. The molecule has 0 unspecified atom stereocenters. The lowest BCUT2D eigenvalue weighted by atomic mass is 10.2. The van der Waals surface area contributed by atoms with Crippen molar-refractivity contribution in [2.45, 2.75) is 0 Å². The van der Waals surface area contributed by atoms with E-state index < -0.39 is 0 Å². The predicted molar refractivity (Wildman–Crippen MR) is 87.4 cm³/mol. The summed E-state index contributed by atoms with van der Waals surface area (Å²) in [5.41, 5.74) is 4.60. The monoisotopic (exact) mass is 303 g/mol. The third-order valence-electron chi connectivity index (χ3n) is 2.80. The molecule has 0 saturated heterocycles. The van der Waals surface area contributed by atoms with Crippen molar-refractivity contribution in [2.75, 3.05) is 5.43 Å². The molecule has 0 amide bonds. The number of hydrogen-bond donors (Lipinski definition) is 1. The summed E-state index contributed by atoms with van der Waals surface area (Å²) in [6.07, 6.45) is 8.00. The zero-order valence-electron chi connectivity index (χ0n) is 12.1. The molecule has 0 bridgehead atoms. The van der Waals surface area contributed by atoms with E-state index >= 15 is 0 Å². The Morgan fingerprint density at radius 3 is 2.43 bits per heavy atom. The molecule has 0 aliphatic rings. The number of azo groups is 1. The molecule has 0 radical (unpaired) electrons. The van der Waals surface area contributed by atoms with Gasteiger partial charge in [0.25, 0.3) is 0 Å². The van der Waals surface area contributed by atoms with Crippen molar-refractivity contribution in [3.05, 3.63) is 79.0 Å². The molecule has 0 aliphatic carbocycles. The summed E-state index contributed by atoms with van der Waals surface area (Å²) < 4.78 is 0. The van der Waals surface area contributed by atoms with Crippen molar-refractivity contribution in [3.63, 3.8) is 0 Å². The van der Waals surface area contributed by atoms with Gasteiger partial charge in [-0.25, -0.2) is 4.98 Å². The summed E-state index contributed by atoms with van der Waals surface area (Å²) in [7, 11) is 0. The minimum Gasteiger partial charge on any atom is -0.276 e. The molecule has 1 aromatic carbocycles. The fraction of sp³-hybridized carbons (Fsp3) is 0. The van der Waals surface area contributed by atoms with E-state index in [9.17, 15) is 0 Å². The van der Waals surface area contributed by atoms with Crippen LogP contribution in [0.4, 0.5) is 11.5 Å². The molecule has 0 aliphatic heterocycles. The van der Waals surface area contributed by atoms with E-state index in [1.165, 1.54) is 6.20 Å². The van der Waals surface area contributed by atoms with E-state index in [2.05, 4.69) is 35.7 Å². The molecular formula is C16H13N7. The Kier molecular flexibility index (Phi) is 4.72. The molecule has 3 aromatic rings. The summed E-state index contributed by atoms with van der Waals surface area (Å²) in [5, 5.41) is 12.5. The first-order valence-corrected chi connectivity index (χ1v) is 6.89. The number of hydrogen-bond acceptors (Lipinski definition) is 6. The largest absolute Gasteiger partial charge is 0.276 e. The van der Waals surface area contributed by atoms with Crippen LogP contribution >= 0.6 is 0 Å². The van der Waals surface area contributed by atoms with Gasteiger partial charge >= 0.3 is 0 Å².